The molecule has 2 N–H and O–H groups in total. The fourth-order valence-corrected chi connectivity index (χ4v) is 3.00. The van der Waals surface area contributed by atoms with Crippen LogP contribution in [0.15, 0.2) is 24.3 Å². The summed E-state index contributed by atoms with van der Waals surface area (Å²) in [7, 11) is 0. The average molecular weight is 258 g/mol. The van der Waals surface area contributed by atoms with Crippen molar-refractivity contribution in [3.63, 3.8) is 0 Å². The summed E-state index contributed by atoms with van der Waals surface area (Å²) in [6.07, 6.45) is 6.96. The first-order chi connectivity index (χ1) is 9.24. The van der Waals surface area contributed by atoms with Gasteiger partial charge in [0.15, 0.2) is 0 Å². The maximum atomic E-state index is 12.6. The quantitative estimate of drug-likeness (QED) is 0.844. The molecule has 102 valence electrons. The number of nitrogens with two attached hydrogens (primary N) is 1. The van der Waals surface area contributed by atoms with Gasteiger partial charge in [0.25, 0.3) is 0 Å². The zero-order valence-electron chi connectivity index (χ0n) is 11.3. The van der Waals surface area contributed by atoms with E-state index in [-0.39, 0.29) is 5.92 Å². The van der Waals surface area contributed by atoms with Crippen LogP contribution in [0.1, 0.15) is 44.1 Å². The minimum absolute atomic E-state index is 0.286. The van der Waals surface area contributed by atoms with Gasteiger partial charge in [0, 0.05) is 24.2 Å². The Hall–Kier alpha value is -1.51. The van der Waals surface area contributed by atoms with E-state index in [4.69, 9.17) is 5.73 Å². The Morgan fingerprint density at radius 3 is 2.32 bits per heavy atom. The average Bonchev–Trinajstić information content (AvgIpc) is 3.11. The molecule has 1 aromatic carbocycles. The zero-order chi connectivity index (χ0) is 13.2. The lowest BCUT2D eigenvalue weighted by Gasteiger charge is -2.25. The number of anilines is 1. The molecule has 0 radical (unpaired) electrons. The van der Waals surface area contributed by atoms with E-state index in [9.17, 15) is 4.79 Å². The molecule has 19 heavy (non-hydrogen) atoms. The van der Waals surface area contributed by atoms with Crippen molar-refractivity contribution >= 4 is 11.6 Å². The Kier molecular flexibility index (Phi) is 3.45. The molecule has 3 nitrogen and oxygen atoms in total. The molecule has 0 saturated heterocycles. The van der Waals surface area contributed by atoms with E-state index in [0.29, 0.717) is 11.9 Å². The highest BCUT2D eigenvalue weighted by Gasteiger charge is 2.36. The van der Waals surface area contributed by atoms with Crippen molar-refractivity contribution in [3.8, 4) is 0 Å². The Labute approximate surface area is 114 Å². The normalized spacial score (nSPS) is 19.6. The van der Waals surface area contributed by atoms with Crippen LogP contribution in [0.3, 0.4) is 0 Å². The van der Waals surface area contributed by atoms with Gasteiger partial charge in [-0.3, -0.25) is 4.79 Å². The van der Waals surface area contributed by atoms with Gasteiger partial charge < -0.3 is 10.6 Å². The van der Waals surface area contributed by atoms with Crippen LogP contribution in [-0.4, -0.2) is 16.8 Å². The van der Waals surface area contributed by atoms with Crippen molar-refractivity contribution in [2.24, 2.45) is 5.92 Å². The molecule has 2 aliphatic rings. The number of benzene rings is 1. The number of nitrogen functional groups attached to an aromatic ring is 1. The third-order valence-corrected chi connectivity index (χ3v) is 4.31. The van der Waals surface area contributed by atoms with Crippen LogP contribution in [0.2, 0.25) is 0 Å². The molecule has 1 aromatic rings. The largest absolute Gasteiger partial charge is 0.399 e. The lowest BCUT2D eigenvalue weighted by molar-refractivity contribution is -0.136. The number of nitrogens with zero attached hydrogens (tertiary/aromatic N) is 1. The highest BCUT2D eigenvalue weighted by atomic mass is 16.2. The molecular formula is C16H22N2O. The van der Waals surface area contributed by atoms with Gasteiger partial charge in [-0.15, -0.1) is 0 Å². The first-order valence-electron chi connectivity index (χ1n) is 7.39. The second kappa shape index (κ2) is 5.24. The fourth-order valence-electron chi connectivity index (χ4n) is 3.00. The van der Waals surface area contributed by atoms with Gasteiger partial charge in [0.2, 0.25) is 5.91 Å². The molecule has 2 fully saturated rings. The number of carbonyl (C=O) groups excluding carboxylic acids is 1. The maximum Gasteiger partial charge on any atom is 0.226 e. The molecule has 0 aliphatic heterocycles. The van der Waals surface area contributed by atoms with Crippen molar-refractivity contribution in [1.82, 2.24) is 4.90 Å². The summed E-state index contributed by atoms with van der Waals surface area (Å²) in [4.78, 5) is 14.7. The number of amides is 1. The molecule has 2 aliphatic carbocycles. The van der Waals surface area contributed by atoms with Gasteiger partial charge in [-0.05, 0) is 43.4 Å². The van der Waals surface area contributed by atoms with Crippen LogP contribution in [-0.2, 0) is 11.3 Å². The summed E-state index contributed by atoms with van der Waals surface area (Å²) in [5.74, 6) is 0.672. The standard InChI is InChI=1S/C16H22N2O/c17-14-7-5-12(6-8-14)11-18(15-9-10-15)16(19)13-3-1-2-4-13/h5-8,13,15H,1-4,9-11,17H2. The van der Waals surface area contributed by atoms with Crippen LogP contribution in [0.4, 0.5) is 5.69 Å². The second-order valence-corrected chi connectivity index (χ2v) is 5.92. The Morgan fingerprint density at radius 1 is 1.11 bits per heavy atom. The van der Waals surface area contributed by atoms with Crippen LogP contribution in [0, 0.1) is 5.92 Å². The molecule has 2 saturated carbocycles. The van der Waals surface area contributed by atoms with E-state index in [1.807, 2.05) is 24.3 Å². The van der Waals surface area contributed by atoms with E-state index in [2.05, 4.69) is 4.90 Å². The summed E-state index contributed by atoms with van der Waals surface area (Å²) in [6.45, 7) is 0.750. The molecule has 0 atom stereocenters. The summed E-state index contributed by atoms with van der Waals surface area (Å²) < 4.78 is 0. The van der Waals surface area contributed by atoms with Gasteiger partial charge in [-0.25, -0.2) is 0 Å². The number of carbonyl (C=O) groups is 1. The molecule has 1 amide bonds. The first-order valence-corrected chi connectivity index (χ1v) is 7.39. The number of rotatable bonds is 4. The maximum absolute atomic E-state index is 12.6. The molecule has 3 heteroatoms. The minimum Gasteiger partial charge on any atom is -0.399 e. The Balaban J connectivity index is 1.70. The summed E-state index contributed by atoms with van der Waals surface area (Å²) in [6, 6.07) is 8.39. The van der Waals surface area contributed by atoms with Crippen LogP contribution in [0.25, 0.3) is 0 Å². The van der Waals surface area contributed by atoms with Crippen LogP contribution in [0.5, 0.6) is 0 Å². The van der Waals surface area contributed by atoms with Crippen molar-refractivity contribution in [2.45, 2.75) is 51.1 Å². The number of hydrogen-bond donors (Lipinski definition) is 1. The van der Waals surface area contributed by atoms with Crippen molar-refractivity contribution in [2.75, 3.05) is 5.73 Å². The second-order valence-electron chi connectivity index (χ2n) is 5.92. The molecule has 0 bridgehead atoms. The van der Waals surface area contributed by atoms with Crippen LogP contribution < -0.4 is 5.73 Å². The van der Waals surface area contributed by atoms with E-state index >= 15 is 0 Å². The predicted octanol–water partition coefficient (Wildman–Crippen LogP) is 2.95. The third-order valence-electron chi connectivity index (χ3n) is 4.31. The molecule has 0 unspecified atom stereocenters. The van der Waals surface area contributed by atoms with Gasteiger partial charge in [-0.1, -0.05) is 25.0 Å². The highest BCUT2D eigenvalue weighted by molar-refractivity contribution is 5.79. The van der Waals surface area contributed by atoms with E-state index in [1.165, 1.54) is 31.2 Å². The van der Waals surface area contributed by atoms with Gasteiger partial charge >= 0.3 is 0 Å². The fraction of sp³-hybridized carbons (Fsp3) is 0.562. The molecule has 0 spiro atoms. The predicted molar refractivity (Wildman–Crippen MR) is 76.4 cm³/mol. The molecular weight excluding hydrogens is 236 g/mol. The Morgan fingerprint density at radius 2 is 1.74 bits per heavy atom. The van der Waals surface area contributed by atoms with E-state index in [0.717, 1.165) is 25.1 Å². The molecule has 0 heterocycles. The lowest BCUT2D eigenvalue weighted by Crippen LogP contribution is -2.36. The highest BCUT2D eigenvalue weighted by Crippen LogP contribution is 2.33. The van der Waals surface area contributed by atoms with Gasteiger partial charge in [0.05, 0.1) is 0 Å². The molecule has 3 rings (SSSR count). The minimum atomic E-state index is 0.286. The van der Waals surface area contributed by atoms with Gasteiger partial charge in [-0.2, -0.15) is 0 Å². The molecule has 0 aromatic heterocycles. The summed E-state index contributed by atoms with van der Waals surface area (Å²) in [5.41, 5.74) is 7.68. The van der Waals surface area contributed by atoms with Gasteiger partial charge in [0.1, 0.15) is 0 Å². The van der Waals surface area contributed by atoms with Crippen molar-refractivity contribution < 1.29 is 4.79 Å². The number of hydrogen-bond acceptors (Lipinski definition) is 2. The first kappa shape index (κ1) is 12.5. The smallest absolute Gasteiger partial charge is 0.226 e. The topological polar surface area (TPSA) is 46.3 Å². The van der Waals surface area contributed by atoms with Crippen LogP contribution >= 0.6 is 0 Å². The SMILES string of the molecule is Nc1ccc(CN(C(=O)C2CCCC2)C2CC2)cc1. The zero-order valence-corrected chi connectivity index (χ0v) is 11.3. The van der Waals surface area contributed by atoms with E-state index in [1.54, 1.807) is 0 Å². The van der Waals surface area contributed by atoms with E-state index < -0.39 is 0 Å². The lowest BCUT2D eigenvalue weighted by atomic mass is 10.1. The Bertz CT molecular complexity index is 444. The summed E-state index contributed by atoms with van der Waals surface area (Å²) >= 11 is 0. The van der Waals surface area contributed by atoms with Crippen molar-refractivity contribution in [3.05, 3.63) is 29.8 Å². The van der Waals surface area contributed by atoms with Crippen molar-refractivity contribution in [1.29, 1.82) is 0 Å². The monoisotopic (exact) mass is 258 g/mol. The summed E-state index contributed by atoms with van der Waals surface area (Å²) in [5, 5.41) is 0. The third kappa shape index (κ3) is 2.91.